The predicted molar refractivity (Wildman–Crippen MR) is 67.1 cm³/mol. The number of ether oxygens (including phenoxy) is 2. The molecule has 1 atom stereocenters. The summed E-state index contributed by atoms with van der Waals surface area (Å²) in [6.07, 6.45) is 2.93. The number of Topliss-reactive ketones (excluding diaryl/α,β-unsaturated/α-hetero) is 1. The van der Waals surface area contributed by atoms with Crippen molar-refractivity contribution < 1.29 is 14.3 Å². The van der Waals surface area contributed by atoms with Gasteiger partial charge in [-0.25, -0.2) is 0 Å². The van der Waals surface area contributed by atoms with Crippen LogP contribution in [0.1, 0.15) is 29.6 Å². The molecule has 4 heteroatoms. The summed E-state index contributed by atoms with van der Waals surface area (Å²) in [7, 11) is 0. The standard InChI is InChI=1S/C14H17NO3/c16-12(6-10-2-1-5-15-8-10)11-3-4-13-14(7-11)18-9-17-13/h3-4,7,10,15H,1-2,5-6,8-9H2. The smallest absolute Gasteiger partial charge is 0.231 e. The SMILES string of the molecule is O=C(CC1CCCNC1)c1ccc2c(c1)OCO2. The van der Waals surface area contributed by atoms with E-state index in [-0.39, 0.29) is 12.6 Å². The number of piperidine rings is 1. The fraction of sp³-hybridized carbons (Fsp3) is 0.500. The van der Waals surface area contributed by atoms with Crippen LogP contribution in [0.25, 0.3) is 0 Å². The Labute approximate surface area is 106 Å². The third kappa shape index (κ3) is 2.34. The van der Waals surface area contributed by atoms with Crippen molar-refractivity contribution in [2.24, 2.45) is 5.92 Å². The molecule has 96 valence electrons. The summed E-state index contributed by atoms with van der Waals surface area (Å²) in [6, 6.07) is 5.43. The van der Waals surface area contributed by atoms with E-state index < -0.39 is 0 Å². The highest BCUT2D eigenvalue weighted by molar-refractivity contribution is 5.96. The Morgan fingerprint density at radius 3 is 3.06 bits per heavy atom. The Kier molecular flexibility index (Phi) is 3.19. The molecule has 3 rings (SSSR count). The second-order valence-corrected chi connectivity index (χ2v) is 4.91. The fourth-order valence-corrected chi connectivity index (χ4v) is 2.55. The Morgan fingerprint density at radius 1 is 1.33 bits per heavy atom. The first-order valence-electron chi connectivity index (χ1n) is 6.46. The minimum absolute atomic E-state index is 0.196. The molecule has 2 aliphatic rings. The second-order valence-electron chi connectivity index (χ2n) is 4.91. The number of rotatable bonds is 3. The van der Waals surface area contributed by atoms with Crippen LogP contribution in [0, 0.1) is 5.92 Å². The van der Waals surface area contributed by atoms with Crippen LogP contribution in [0.15, 0.2) is 18.2 Å². The van der Waals surface area contributed by atoms with Gasteiger partial charge in [0.1, 0.15) is 0 Å². The number of carbonyl (C=O) groups excluding carboxylic acids is 1. The highest BCUT2D eigenvalue weighted by Crippen LogP contribution is 2.33. The van der Waals surface area contributed by atoms with Crippen LogP contribution < -0.4 is 14.8 Å². The molecule has 0 aliphatic carbocycles. The minimum Gasteiger partial charge on any atom is -0.454 e. The molecule has 4 nitrogen and oxygen atoms in total. The highest BCUT2D eigenvalue weighted by Gasteiger charge is 2.20. The number of nitrogens with one attached hydrogen (secondary N) is 1. The molecule has 0 radical (unpaired) electrons. The molecule has 1 aromatic carbocycles. The van der Waals surface area contributed by atoms with Gasteiger partial charge in [-0.2, -0.15) is 0 Å². The third-order valence-corrected chi connectivity index (χ3v) is 3.57. The number of ketones is 1. The van der Waals surface area contributed by atoms with Crippen LogP contribution in [-0.4, -0.2) is 25.7 Å². The summed E-state index contributed by atoms with van der Waals surface area (Å²) in [6.45, 7) is 2.28. The quantitative estimate of drug-likeness (QED) is 0.830. The van der Waals surface area contributed by atoms with E-state index in [1.807, 2.05) is 12.1 Å². The summed E-state index contributed by atoms with van der Waals surface area (Å²) in [5, 5.41) is 3.34. The normalized spacial score (nSPS) is 21.9. The molecule has 1 aromatic rings. The van der Waals surface area contributed by atoms with Crippen LogP contribution in [0.2, 0.25) is 0 Å². The molecule has 1 fully saturated rings. The maximum Gasteiger partial charge on any atom is 0.231 e. The Balaban J connectivity index is 1.68. The molecule has 0 bridgehead atoms. The molecule has 0 spiro atoms. The lowest BCUT2D eigenvalue weighted by Gasteiger charge is -2.21. The van der Waals surface area contributed by atoms with Crippen molar-refractivity contribution in [3.8, 4) is 11.5 Å². The Bertz CT molecular complexity index is 452. The van der Waals surface area contributed by atoms with Gasteiger partial charge >= 0.3 is 0 Å². The number of hydrogen-bond donors (Lipinski definition) is 1. The maximum atomic E-state index is 12.2. The molecule has 0 aromatic heterocycles. The van der Waals surface area contributed by atoms with E-state index >= 15 is 0 Å². The molecular weight excluding hydrogens is 230 g/mol. The van der Waals surface area contributed by atoms with E-state index in [1.54, 1.807) is 6.07 Å². The minimum atomic E-state index is 0.196. The number of benzene rings is 1. The molecule has 2 aliphatic heterocycles. The topological polar surface area (TPSA) is 47.6 Å². The van der Waals surface area contributed by atoms with E-state index in [9.17, 15) is 4.79 Å². The first-order chi connectivity index (χ1) is 8.83. The number of carbonyl (C=O) groups is 1. The van der Waals surface area contributed by atoms with Gasteiger partial charge in [-0.15, -0.1) is 0 Å². The molecule has 1 saturated heterocycles. The molecule has 1 unspecified atom stereocenters. The van der Waals surface area contributed by atoms with Crippen LogP contribution in [0.5, 0.6) is 11.5 Å². The van der Waals surface area contributed by atoms with Gasteiger partial charge in [0.2, 0.25) is 6.79 Å². The maximum absolute atomic E-state index is 12.2. The summed E-state index contributed by atoms with van der Waals surface area (Å²) in [4.78, 5) is 12.2. The molecular formula is C14H17NO3. The largest absolute Gasteiger partial charge is 0.454 e. The summed E-state index contributed by atoms with van der Waals surface area (Å²) < 4.78 is 10.5. The predicted octanol–water partition coefficient (Wildman–Crippen LogP) is 1.99. The fourth-order valence-electron chi connectivity index (χ4n) is 2.55. The van der Waals surface area contributed by atoms with E-state index in [2.05, 4.69) is 5.32 Å². The van der Waals surface area contributed by atoms with Gasteiger partial charge in [-0.1, -0.05) is 0 Å². The van der Waals surface area contributed by atoms with Gasteiger partial charge in [-0.05, 0) is 50.0 Å². The number of fused-ring (bicyclic) bond motifs is 1. The molecule has 0 amide bonds. The van der Waals surface area contributed by atoms with Gasteiger partial charge in [0.25, 0.3) is 0 Å². The Morgan fingerprint density at radius 2 is 2.22 bits per heavy atom. The lowest BCUT2D eigenvalue weighted by molar-refractivity contribution is 0.0953. The summed E-state index contributed by atoms with van der Waals surface area (Å²) in [5.41, 5.74) is 0.727. The van der Waals surface area contributed by atoms with Crippen LogP contribution >= 0.6 is 0 Å². The average Bonchev–Trinajstić information content (AvgIpc) is 2.87. The lowest BCUT2D eigenvalue weighted by atomic mass is 9.92. The van der Waals surface area contributed by atoms with E-state index in [0.29, 0.717) is 18.1 Å². The van der Waals surface area contributed by atoms with Gasteiger partial charge in [-0.3, -0.25) is 4.79 Å². The molecule has 0 saturated carbocycles. The first-order valence-corrected chi connectivity index (χ1v) is 6.46. The summed E-state index contributed by atoms with van der Waals surface area (Å²) in [5.74, 6) is 2.08. The summed E-state index contributed by atoms with van der Waals surface area (Å²) >= 11 is 0. The van der Waals surface area contributed by atoms with E-state index in [0.717, 1.165) is 30.8 Å². The van der Waals surface area contributed by atoms with Crippen molar-refractivity contribution >= 4 is 5.78 Å². The van der Waals surface area contributed by atoms with Crippen molar-refractivity contribution in [3.63, 3.8) is 0 Å². The van der Waals surface area contributed by atoms with Crippen molar-refractivity contribution in [3.05, 3.63) is 23.8 Å². The van der Waals surface area contributed by atoms with E-state index in [1.165, 1.54) is 6.42 Å². The highest BCUT2D eigenvalue weighted by atomic mass is 16.7. The zero-order valence-corrected chi connectivity index (χ0v) is 10.3. The van der Waals surface area contributed by atoms with Gasteiger partial charge in [0.05, 0.1) is 0 Å². The van der Waals surface area contributed by atoms with Crippen molar-refractivity contribution in [1.82, 2.24) is 5.32 Å². The van der Waals surface area contributed by atoms with Gasteiger partial charge in [0.15, 0.2) is 17.3 Å². The monoisotopic (exact) mass is 247 g/mol. The van der Waals surface area contributed by atoms with Crippen molar-refractivity contribution in [1.29, 1.82) is 0 Å². The van der Waals surface area contributed by atoms with Crippen LogP contribution in [0.4, 0.5) is 0 Å². The van der Waals surface area contributed by atoms with Crippen LogP contribution in [0.3, 0.4) is 0 Å². The third-order valence-electron chi connectivity index (χ3n) is 3.57. The second kappa shape index (κ2) is 4.98. The zero-order valence-electron chi connectivity index (χ0n) is 10.3. The number of hydrogen-bond acceptors (Lipinski definition) is 4. The molecule has 1 N–H and O–H groups in total. The molecule has 2 heterocycles. The average molecular weight is 247 g/mol. The zero-order chi connectivity index (χ0) is 12.4. The Hall–Kier alpha value is -1.55. The van der Waals surface area contributed by atoms with Gasteiger partial charge < -0.3 is 14.8 Å². The van der Waals surface area contributed by atoms with Crippen molar-refractivity contribution in [2.45, 2.75) is 19.3 Å². The van der Waals surface area contributed by atoms with Gasteiger partial charge in [0, 0.05) is 12.0 Å². The van der Waals surface area contributed by atoms with E-state index in [4.69, 9.17) is 9.47 Å². The first kappa shape index (κ1) is 11.5. The van der Waals surface area contributed by atoms with Crippen LogP contribution in [-0.2, 0) is 0 Å². The lowest BCUT2D eigenvalue weighted by Crippen LogP contribution is -2.31. The van der Waals surface area contributed by atoms with Crippen molar-refractivity contribution in [2.75, 3.05) is 19.9 Å². The molecule has 18 heavy (non-hydrogen) atoms.